The molecule has 0 unspecified atom stereocenters. The molecule has 0 radical (unpaired) electrons. The Kier molecular flexibility index (Phi) is 10.5. The van der Waals surface area contributed by atoms with Gasteiger partial charge in [-0.15, -0.1) is 11.3 Å². The molecule has 2 aromatic heterocycles. The van der Waals surface area contributed by atoms with Gasteiger partial charge >= 0.3 is 0 Å². The lowest BCUT2D eigenvalue weighted by atomic mass is 10.0. The van der Waals surface area contributed by atoms with Crippen LogP contribution in [0.5, 0.6) is 11.5 Å². The van der Waals surface area contributed by atoms with Gasteiger partial charge in [0.25, 0.3) is 5.91 Å². The van der Waals surface area contributed by atoms with Crippen molar-refractivity contribution in [2.75, 3.05) is 19.4 Å². The van der Waals surface area contributed by atoms with E-state index >= 15 is 0 Å². The second kappa shape index (κ2) is 14.7. The van der Waals surface area contributed by atoms with Gasteiger partial charge in [0.05, 0.1) is 35.9 Å². The third-order valence-corrected chi connectivity index (χ3v) is 15.8. The molecular formula is C37H49N5O8S3. The molecule has 2 amide bonds. The van der Waals surface area contributed by atoms with E-state index in [4.69, 9.17) is 19.4 Å². The lowest BCUT2D eigenvalue weighted by Crippen LogP contribution is -2.56. The number of aromatic nitrogens is 2. The van der Waals surface area contributed by atoms with E-state index in [0.717, 1.165) is 48.4 Å². The summed E-state index contributed by atoms with van der Waals surface area (Å²) >= 11 is 1.48. The van der Waals surface area contributed by atoms with Crippen LogP contribution >= 0.6 is 11.3 Å². The number of rotatable bonds is 8. The molecular weight excluding hydrogens is 739 g/mol. The quantitative estimate of drug-likeness (QED) is 0.310. The monoisotopic (exact) mass is 787 g/mol. The molecule has 16 heteroatoms. The first-order valence-electron chi connectivity index (χ1n) is 18.7. The number of carbonyl (C=O) groups excluding carboxylic acids is 2. The molecule has 4 atom stereocenters. The third-order valence-electron chi connectivity index (χ3n) is 11.1. The van der Waals surface area contributed by atoms with E-state index in [2.05, 4.69) is 23.9 Å². The van der Waals surface area contributed by atoms with Crippen LogP contribution in [0.3, 0.4) is 0 Å². The molecule has 2 saturated carbocycles. The fourth-order valence-electron chi connectivity index (χ4n) is 7.71. The van der Waals surface area contributed by atoms with Gasteiger partial charge in [-0.3, -0.25) is 14.3 Å². The highest BCUT2D eigenvalue weighted by atomic mass is 32.2. The molecule has 4 fully saturated rings. The van der Waals surface area contributed by atoms with E-state index in [1.54, 1.807) is 7.11 Å². The Balaban J connectivity index is 1.21. The van der Waals surface area contributed by atoms with E-state index in [1.165, 1.54) is 15.6 Å². The summed E-state index contributed by atoms with van der Waals surface area (Å²) in [4.78, 5) is 37.7. The minimum absolute atomic E-state index is 0.0385. The molecule has 288 valence electrons. The topological polar surface area (TPSA) is 174 Å². The van der Waals surface area contributed by atoms with Crippen molar-refractivity contribution in [2.45, 2.75) is 120 Å². The Morgan fingerprint density at radius 3 is 2.51 bits per heavy atom. The number of nitrogens with zero attached hydrogens (tertiary/aromatic N) is 3. The smallest absolute Gasteiger partial charge is 0.259 e. The minimum Gasteiger partial charge on any atom is -0.496 e. The molecule has 3 aromatic rings. The summed E-state index contributed by atoms with van der Waals surface area (Å²) < 4.78 is 69.3. The average molecular weight is 788 g/mol. The van der Waals surface area contributed by atoms with Crippen LogP contribution in [0.1, 0.15) is 102 Å². The van der Waals surface area contributed by atoms with Crippen molar-refractivity contribution in [1.29, 1.82) is 0 Å². The molecule has 2 saturated heterocycles. The largest absolute Gasteiger partial charge is 0.496 e. The van der Waals surface area contributed by atoms with Gasteiger partial charge in [-0.1, -0.05) is 46.0 Å². The summed E-state index contributed by atoms with van der Waals surface area (Å²) in [6.45, 7) is 6.00. The van der Waals surface area contributed by atoms with Crippen LogP contribution in [0.15, 0.2) is 23.6 Å². The standard InChI is InChI=1S/C37H49N5O8S3/c1-22(2)29-21-51-35(39-29)28-18-32(27-14-15-31(49-4)23(3)33(27)38-28)50-25-17-30-34(43)40-37(36(44)41-53(47,48)26-12-13-26)19-24(37)11-9-7-5-6-8-10-16-52(45,46)42(30)20-25/h14-15,18,21-22,24-26,30H,5-13,16-17,19-20H2,1-4H3,(H,40,43)(H,41,44)/t24-,25-,30+,37-/m1/s1. The second-order valence-corrected chi connectivity index (χ2v) is 20.2. The van der Waals surface area contributed by atoms with Crippen LogP contribution in [-0.4, -0.2) is 85.3 Å². The Bertz CT molecular complexity index is 2120. The number of thiazole rings is 1. The first-order chi connectivity index (χ1) is 25.2. The number of aryl methyl sites for hydroxylation is 1. The molecule has 4 aliphatic rings. The van der Waals surface area contributed by atoms with Crippen LogP contribution in [0.25, 0.3) is 21.6 Å². The highest BCUT2D eigenvalue weighted by molar-refractivity contribution is 7.91. The number of sulfonamides is 2. The van der Waals surface area contributed by atoms with E-state index in [-0.39, 0.29) is 30.6 Å². The maximum atomic E-state index is 14.3. The van der Waals surface area contributed by atoms with Crippen LogP contribution in [0.2, 0.25) is 0 Å². The predicted octanol–water partition coefficient (Wildman–Crippen LogP) is 5.18. The fraction of sp³-hybridized carbons (Fsp3) is 0.622. The van der Waals surface area contributed by atoms with Gasteiger partial charge in [0.15, 0.2) is 0 Å². The van der Waals surface area contributed by atoms with Gasteiger partial charge in [-0.25, -0.2) is 26.8 Å². The molecule has 0 bridgehead atoms. The normalized spacial score (nSPS) is 26.9. The van der Waals surface area contributed by atoms with Crippen molar-refractivity contribution >= 4 is 54.1 Å². The predicted molar refractivity (Wildman–Crippen MR) is 203 cm³/mol. The van der Waals surface area contributed by atoms with Gasteiger partial charge in [-0.05, 0) is 63.0 Å². The molecule has 53 heavy (non-hydrogen) atoms. The van der Waals surface area contributed by atoms with E-state index in [9.17, 15) is 26.4 Å². The molecule has 0 spiro atoms. The molecule has 2 aliphatic carbocycles. The van der Waals surface area contributed by atoms with E-state index in [0.29, 0.717) is 60.2 Å². The van der Waals surface area contributed by atoms with Gasteiger partial charge in [0.2, 0.25) is 26.0 Å². The molecule has 7 rings (SSSR count). The van der Waals surface area contributed by atoms with Crippen molar-refractivity contribution in [3.05, 3.63) is 34.8 Å². The summed E-state index contributed by atoms with van der Waals surface area (Å²) in [6.07, 6.45) is 6.07. The first kappa shape index (κ1) is 38.0. The van der Waals surface area contributed by atoms with Crippen LogP contribution < -0.4 is 19.5 Å². The number of amides is 2. The summed E-state index contributed by atoms with van der Waals surface area (Å²) in [5, 5.41) is 5.73. The lowest BCUT2D eigenvalue weighted by Gasteiger charge is -2.26. The summed E-state index contributed by atoms with van der Waals surface area (Å²) in [7, 11) is -6.17. The number of benzene rings is 1. The molecule has 13 nitrogen and oxygen atoms in total. The fourth-order valence-corrected chi connectivity index (χ4v) is 11.8. The van der Waals surface area contributed by atoms with Crippen LogP contribution in [0.4, 0.5) is 0 Å². The zero-order chi connectivity index (χ0) is 37.7. The van der Waals surface area contributed by atoms with Crippen molar-refractivity contribution in [3.63, 3.8) is 0 Å². The molecule has 4 heterocycles. The van der Waals surface area contributed by atoms with Crippen LogP contribution in [0, 0.1) is 12.8 Å². The first-order valence-corrected chi connectivity index (χ1v) is 22.7. The lowest BCUT2D eigenvalue weighted by molar-refractivity contribution is -0.131. The Morgan fingerprint density at radius 2 is 1.81 bits per heavy atom. The summed E-state index contributed by atoms with van der Waals surface area (Å²) in [5.74, 6) is -0.349. The van der Waals surface area contributed by atoms with E-state index in [1.807, 2.05) is 30.5 Å². The Labute approximate surface area is 315 Å². The van der Waals surface area contributed by atoms with Gasteiger partial charge in [-0.2, -0.15) is 4.31 Å². The number of fused-ring (bicyclic) bond motifs is 3. The third kappa shape index (κ3) is 7.78. The Hall–Kier alpha value is -3.34. The van der Waals surface area contributed by atoms with Gasteiger partial charge in [0.1, 0.15) is 39.9 Å². The summed E-state index contributed by atoms with van der Waals surface area (Å²) in [5.41, 5.74) is 1.61. The minimum atomic E-state index is -3.91. The molecule has 2 N–H and O–H groups in total. The number of methoxy groups -OCH3 is 1. The number of ether oxygens (including phenoxy) is 2. The second-order valence-electron chi connectivity index (χ2n) is 15.4. The van der Waals surface area contributed by atoms with E-state index < -0.39 is 54.8 Å². The summed E-state index contributed by atoms with van der Waals surface area (Å²) in [6, 6.07) is 4.36. The number of hydrogen-bond acceptors (Lipinski definition) is 11. The number of nitrogens with one attached hydrogen (secondary N) is 2. The van der Waals surface area contributed by atoms with Crippen LogP contribution in [-0.2, 0) is 29.6 Å². The molecule has 1 aromatic carbocycles. The highest BCUT2D eigenvalue weighted by Gasteiger charge is 2.62. The SMILES string of the molecule is COc1ccc2c(O[C@@H]3C[C@H]4C(=O)N[C@]5(C(=O)NS(=O)(=O)C6CC6)C[C@H]5CCCCCCCCS(=O)(=O)N4C3)cc(-c3nc(C(C)C)cs3)nc2c1C. The molecule has 2 aliphatic heterocycles. The Morgan fingerprint density at radius 1 is 1.08 bits per heavy atom. The number of hydrogen-bond donors (Lipinski definition) is 2. The zero-order valence-electron chi connectivity index (χ0n) is 30.7. The maximum absolute atomic E-state index is 14.3. The number of pyridine rings is 1. The maximum Gasteiger partial charge on any atom is 0.259 e. The van der Waals surface area contributed by atoms with Crippen molar-refractivity contribution in [2.24, 2.45) is 5.92 Å². The van der Waals surface area contributed by atoms with Gasteiger partial charge in [0, 0.05) is 28.8 Å². The van der Waals surface area contributed by atoms with Crippen molar-refractivity contribution < 1.29 is 35.9 Å². The van der Waals surface area contributed by atoms with Crippen molar-refractivity contribution in [3.8, 4) is 22.2 Å². The van der Waals surface area contributed by atoms with Crippen molar-refractivity contribution in [1.82, 2.24) is 24.3 Å². The average Bonchev–Trinajstić information content (AvgIpc) is 3.98. The highest BCUT2D eigenvalue weighted by Crippen LogP contribution is 2.48. The number of carbonyl (C=O) groups is 2. The zero-order valence-corrected chi connectivity index (χ0v) is 33.2. The van der Waals surface area contributed by atoms with Gasteiger partial charge < -0.3 is 14.8 Å².